The molecule has 1 fully saturated rings. The molecule has 0 unspecified atom stereocenters. The van der Waals surface area contributed by atoms with Gasteiger partial charge in [-0.05, 0) is 31.0 Å². The van der Waals surface area contributed by atoms with Crippen molar-refractivity contribution >= 4 is 45.0 Å². The van der Waals surface area contributed by atoms with Crippen LogP contribution in [0, 0.1) is 0 Å². The van der Waals surface area contributed by atoms with Crippen molar-refractivity contribution in [1.82, 2.24) is 5.32 Å². The number of anilines is 1. The summed E-state index contributed by atoms with van der Waals surface area (Å²) in [4.78, 5) is 12.3. The first-order valence-electron chi connectivity index (χ1n) is 8.51. The van der Waals surface area contributed by atoms with E-state index in [1.165, 1.54) is 38.9 Å². The number of hydrogen-bond donors (Lipinski definition) is 1. The van der Waals surface area contributed by atoms with Crippen LogP contribution in [-0.4, -0.2) is 51.8 Å². The third-order valence-electron chi connectivity index (χ3n) is 4.18. The third-order valence-corrected chi connectivity index (χ3v) is 6.92. The Morgan fingerprint density at radius 2 is 2.08 bits per heavy atom. The number of hydrogen-bond acceptors (Lipinski definition) is 5. The van der Waals surface area contributed by atoms with Gasteiger partial charge < -0.3 is 10.1 Å². The lowest BCUT2D eigenvalue weighted by atomic mass is 10.3. The molecule has 0 radical (unpaired) electrons. The normalized spacial score (nSPS) is 15.0. The zero-order valence-corrected chi connectivity index (χ0v) is 17.4. The fourth-order valence-electron chi connectivity index (χ4n) is 2.90. The molecule has 1 aliphatic carbocycles. The highest BCUT2D eigenvalue weighted by molar-refractivity contribution is 7.99. The van der Waals surface area contributed by atoms with Crippen LogP contribution in [0.3, 0.4) is 0 Å². The SMILES string of the molecule is COc1ccc(Cl)cc1N(CC(=O)NCCSC1CCCC1)S(C)(=O)=O. The summed E-state index contributed by atoms with van der Waals surface area (Å²) in [6.45, 7) is 0.202. The first kappa shape index (κ1) is 21.2. The second-order valence-corrected chi connectivity index (χ2v) is 9.96. The summed E-state index contributed by atoms with van der Waals surface area (Å²) in [6.07, 6.45) is 6.12. The van der Waals surface area contributed by atoms with E-state index in [9.17, 15) is 13.2 Å². The molecule has 1 amide bonds. The quantitative estimate of drug-likeness (QED) is 0.621. The summed E-state index contributed by atoms with van der Waals surface area (Å²) in [5.74, 6) is 0.810. The van der Waals surface area contributed by atoms with Gasteiger partial charge in [-0.3, -0.25) is 9.10 Å². The molecule has 1 aromatic rings. The molecular formula is C17H25ClN2O4S2. The Bertz CT molecular complexity index is 721. The molecule has 6 nitrogen and oxygen atoms in total. The van der Waals surface area contributed by atoms with E-state index in [4.69, 9.17) is 16.3 Å². The number of nitrogens with one attached hydrogen (secondary N) is 1. The molecule has 0 bridgehead atoms. The highest BCUT2D eigenvalue weighted by Gasteiger charge is 2.24. The lowest BCUT2D eigenvalue weighted by molar-refractivity contribution is -0.119. The van der Waals surface area contributed by atoms with Crippen LogP contribution >= 0.6 is 23.4 Å². The number of ether oxygens (including phenoxy) is 1. The van der Waals surface area contributed by atoms with Crippen LogP contribution in [0.2, 0.25) is 5.02 Å². The first-order chi connectivity index (χ1) is 12.3. The molecule has 1 saturated carbocycles. The number of carbonyl (C=O) groups excluding carboxylic acids is 1. The highest BCUT2D eigenvalue weighted by atomic mass is 35.5. The predicted molar refractivity (Wildman–Crippen MR) is 108 cm³/mol. The van der Waals surface area contributed by atoms with Gasteiger partial charge in [-0.2, -0.15) is 11.8 Å². The molecule has 0 saturated heterocycles. The van der Waals surface area contributed by atoms with Crippen LogP contribution in [0.1, 0.15) is 25.7 Å². The second-order valence-electron chi connectivity index (χ2n) is 6.21. The number of amides is 1. The molecule has 0 heterocycles. The Labute approximate surface area is 164 Å². The van der Waals surface area contributed by atoms with Crippen LogP contribution in [-0.2, 0) is 14.8 Å². The van der Waals surface area contributed by atoms with Crippen LogP contribution in [0.5, 0.6) is 5.75 Å². The van der Waals surface area contributed by atoms with Crippen LogP contribution < -0.4 is 14.4 Å². The van der Waals surface area contributed by atoms with Gasteiger partial charge in [0.1, 0.15) is 12.3 Å². The van der Waals surface area contributed by atoms with Gasteiger partial charge in [-0.15, -0.1) is 0 Å². The lowest BCUT2D eigenvalue weighted by Crippen LogP contribution is -2.41. The Balaban J connectivity index is 1.97. The maximum atomic E-state index is 12.3. The zero-order valence-electron chi connectivity index (χ0n) is 15.0. The van der Waals surface area contributed by atoms with E-state index < -0.39 is 10.0 Å². The number of nitrogens with zero attached hydrogens (tertiary/aromatic N) is 1. The Morgan fingerprint density at radius 1 is 1.38 bits per heavy atom. The summed E-state index contributed by atoms with van der Waals surface area (Å²) in [7, 11) is -2.24. The van der Waals surface area contributed by atoms with E-state index in [1.54, 1.807) is 12.1 Å². The van der Waals surface area contributed by atoms with Crippen LogP contribution in [0.25, 0.3) is 0 Å². The average Bonchev–Trinajstić information content (AvgIpc) is 3.09. The summed E-state index contributed by atoms with van der Waals surface area (Å²) >= 11 is 7.86. The van der Waals surface area contributed by atoms with Gasteiger partial charge >= 0.3 is 0 Å². The average molecular weight is 421 g/mol. The summed E-state index contributed by atoms with van der Waals surface area (Å²) in [6, 6.07) is 4.65. The van der Waals surface area contributed by atoms with Crippen molar-refractivity contribution in [1.29, 1.82) is 0 Å². The Hall–Kier alpha value is -1.12. The number of halogens is 1. The summed E-state index contributed by atoms with van der Waals surface area (Å²) in [5, 5.41) is 3.85. The predicted octanol–water partition coefficient (Wildman–Crippen LogP) is 2.91. The molecule has 0 aliphatic heterocycles. The van der Waals surface area contributed by atoms with Gasteiger partial charge in [0.05, 0.1) is 19.1 Å². The fourth-order valence-corrected chi connectivity index (χ4v) is 5.13. The van der Waals surface area contributed by atoms with E-state index >= 15 is 0 Å². The monoisotopic (exact) mass is 420 g/mol. The van der Waals surface area contributed by atoms with E-state index in [2.05, 4.69) is 5.32 Å². The van der Waals surface area contributed by atoms with Crippen molar-refractivity contribution in [2.24, 2.45) is 0 Å². The largest absolute Gasteiger partial charge is 0.495 e. The van der Waals surface area contributed by atoms with E-state index in [0.29, 0.717) is 22.6 Å². The highest BCUT2D eigenvalue weighted by Crippen LogP contribution is 2.32. The van der Waals surface area contributed by atoms with E-state index in [1.807, 2.05) is 11.8 Å². The molecule has 146 valence electrons. The molecule has 1 N–H and O–H groups in total. The number of carbonyl (C=O) groups is 1. The zero-order chi connectivity index (χ0) is 19.2. The minimum atomic E-state index is -3.68. The topological polar surface area (TPSA) is 75.7 Å². The van der Waals surface area contributed by atoms with Gasteiger partial charge in [0, 0.05) is 22.6 Å². The number of thioether (sulfide) groups is 1. The fraction of sp³-hybridized carbons (Fsp3) is 0.588. The summed E-state index contributed by atoms with van der Waals surface area (Å²) < 4.78 is 30.6. The number of methoxy groups -OCH3 is 1. The lowest BCUT2D eigenvalue weighted by Gasteiger charge is -2.24. The molecular weight excluding hydrogens is 396 g/mol. The van der Waals surface area contributed by atoms with Crippen LogP contribution in [0.15, 0.2) is 18.2 Å². The van der Waals surface area contributed by atoms with Crippen molar-refractivity contribution in [2.45, 2.75) is 30.9 Å². The van der Waals surface area contributed by atoms with E-state index in [0.717, 1.165) is 16.3 Å². The van der Waals surface area contributed by atoms with Gasteiger partial charge in [0.15, 0.2) is 0 Å². The van der Waals surface area contributed by atoms with Crippen molar-refractivity contribution in [2.75, 3.05) is 36.5 Å². The summed E-state index contributed by atoms with van der Waals surface area (Å²) in [5.41, 5.74) is 0.248. The number of sulfonamides is 1. The Morgan fingerprint density at radius 3 is 2.69 bits per heavy atom. The van der Waals surface area contributed by atoms with Crippen molar-refractivity contribution < 1.29 is 17.9 Å². The van der Waals surface area contributed by atoms with Crippen molar-refractivity contribution in [3.63, 3.8) is 0 Å². The van der Waals surface area contributed by atoms with Crippen molar-refractivity contribution in [3.05, 3.63) is 23.2 Å². The molecule has 1 aliphatic rings. The van der Waals surface area contributed by atoms with Gasteiger partial charge in [-0.1, -0.05) is 24.4 Å². The first-order valence-corrected chi connectivity index (χ1v) is 11.8. The minimum Gasteiger partial charge on any atom is -0.495 e. The molecule has 0 aromatic heterocycles. The van der Waals surface area contributed by atoms with Crippen LogP contribution in [0.4, 0.5) is 5.69 Å². The Kier molecular flexibility index (Phi) is 7.91. The molecule has 9 heteroatoms. The van der Waals surface area contributed by atoms with Gasteiger partial charge in [-0.25, -0.2) is 8.42 Å². The van der Waals surface area contributed by atoms with Crippen molar-refractivity contribution in [3.8, 4) is 5.75 Å². The van der Waals surface area contributed by atoms with E-state index in [-0.39, 0.29) is 18.1 Å². The van der Waals surface area contributed by atoms with Gasteiger partial charge in [0.2, 0.25) is 15.9 Å². The maximum absolute atomic E-state index is 12.3. The standard InChI is InChI=1S/C17H25ClN2O4S2/c1-24-16-8-7-13(18)11-15(16)20(26(2,22)23)12-17(21)19-9-10-25-14-5-3-4-6-14/h7-8,11,14H,3-6,9-10,12H2,1-2H3,(H,19,21). The third kappa shape index (κ3) is 6.25. The number of rotatable bonds is 9. The molecule has 1 aromatic carbocycles. The molecule has 0 atom stereocenters. The maximum Gasteiger partial charge on any atom is 0.240 e. The molecule has 26 heavy (non-hydrogen) atoms. The van der Waals surface area contributed by atoms with Gasteiger partial charge in [0.25, 0.3) is 0 Å². The number of benzene rings is 1. The molecule has 2 rings (SSSR count). The minimum absolute atomic E-state index is 0.248. The second kappa shape index (κ2) is 9.71. The molecule has 0 spiro atoms. The smallest absolute Gasteiger partial charge is 0.240 e.